The predicted octanol–water partition coefficient (Wildman–Crippen LogP) is 3.36. The predicted molar refractivity (Wildman–Crippen MR) is 107 cm³/mol. The Morgan fingerprint density at radius 3 is 2.73 bits per heavy atom. The molecular formula is C19H15F3N4O3S. The highest BCUT2D eigenvalue weighted by atomic mass is 32.2. The number of carbonyl (C=O) groups is 2. The van der Waals surface area contributed by atoms with Crippen LogP contribution >= 0.6 is 11.8 Å². The van der Waals surface area contributed by atoms with Crippen molar-refractivity contribution in [3.63, 3.8) is 0 Å². The van der Waals surface area contributed by atoms with E-state index < -0.39 is 28.8 Å². The number of nitrogens with zero attached hydrogens (tertiary/aromatic N) is 2. The molecule has 0 bridgehead atoms. The van der Waals surface area contributed by atoms with Gasteiger partial charge in [-0.25, -0.2) is 0 Å². The average molecular weight is 436 g/mol. The number of amides is 2. The molecule has 156 valence electrons. The molecule has 30 heavy (non-hydrogen) atoms. The highest BCUT2D eigenvalue weighted by molar-refractivity contribution is 8.15. The van der Waals surface area contributed by atoms with Gasteiger partial charge >= 0.3 is 6.18 Å². The summed E-state index contributed by atoms with van der Waals surface area (Å²) in [5.74, 6) is -1.16. The molecule has 1 atom stereocenters. The number of nitrogens with one attached hydrogen (secondary N) is 2. The third-order valence-corrected chi connectivity index (χ3v) is 4.95. The van der Waals surface area contributed by atoms with Gasteiger partial charge in [0.1, 0.15) is 11.0 Å². The molecule has 3 N–H and O–H groups in total. The van der Waals surface area contributed by atoms with Crippen LogP contribution in [0.4, 0.5) is 18.9 Å². The van der Waals surface area contributed by atoms with E-state index in [4.69, 9.17) is 0 Å². The molecule has 1 fully saturated rings. The van der Waals surface area contributed by atoms with Crippen molar-refractivity contribution >= 4 is 40.6 Å². The summed E-state index contributed by atoms with van der Waals surface area (Å²) in [6.07, 6.45) is -3.58. The lowest BCUT2D eigenvalue weighted by molar-refractivity contribution is -0.137. The molecule has 1 aliphatic heterocycles. The van der Waals surface area contributed by atoms with Crippen LogP contribution in [0.15, 0.2) is 58.7 Å². The number of carbonyl (C=O) groups excluding carboxylic acids is 2. The molecule has 0 aliphatic carbocycles. The van der Waals surface area contributed by atoms with Crippen molar-refractivity contribution in [2.45, 2.75) is 17.8 Å². The molecule has 0 aromatic heterocycles. The quantitative estimate of drug-likeness (QED) is 0.494. The second kappa shape index (κ2) is 8.99. The maximum Gasteiger partial charge on any atom is 0.418 e. The molecule has 1 unspecified atom stereocenters. The largest absolute Gasteiger partial charge is 0.508 e. The summed E-state index contributed by atoms with van der Waals surface area (Å²) >= 11 is 0.949. The molecule has 2 aromatic rings. The van der Waals surface area contributed by atoms with Crippen molar-refractivity contribution in [2.24, 2.45) is 10.2 Å². The maximum absolute atomic E-state index is 13.0. The van der Waals surface area contributed by atoms with E-state index in [0.29, 0.717) is 5.56 Å². The minimum Gasteiger partial charge on any atom is -0.508 e. The third kappa shape index (κ3) is 5.60. The number of alkyl halides is 3. The van der Waals surface area contributed by atoms with Crippen LogP contribution in [0.5, 0.6) is 5.75 Å². The number of phenolic OH excluding ortho intramolecular Hbond substituents is 1. The Morgan fingerprint density at radius 2 is 2.00 bits per heavy atom. The standard InChI is InChI=1S/C19H15F3N4O3S/c20-19(21,22)13-6-1-2-7-14(13)24-16(28)9-15-17(29)25-18(30-15)26-23-10-11-4-3-5-12(27)8-11/h1-8,10,15,27H,9H2,(H,24,28)(H,25,26,29). The van der Waals surface area contributed by atoms with Crippen LogP contribution < -0.4 is 10.6 Å². The fourth-order valence-electron chi connectivity index (χ4n) is 2.55. The smallest absolute Gasteiger partial charge is 0.418 e. The SMILES string of the molecule is O=C(CC1S/C(=N/N=Cc2cccc(O)c2)NC1=O)Nc1ccccc1C(F)(F)F. The van der Waals surface area contributed by atoms with Gasteiger partial charge in [0.2, 0.25) is 11.8 Å². The van der Waals surface area contributed by atoms with Crippen molar-refractivity contribution in [3.8, 4) is 5.75 Å². The van der Waals surface area contributed by atoms with Crippen LogP contribution in [0.2, 0.25) is 0 Å². The molecular weight excluding hydrogens is 421 g/mol. The van der Waals surface area contributed by atoms with Gasteiger partial charge in [0, 0.05) is 6.42 Å². The summed E-state index contributed by atoms with van der Waals surface area (Å²) in [5.41, 5.74) is -0.749. The number of para-hydroxylation sites is 1. The lowest BCUT2D eigenvalue weighted by Gasteiger charge is -2.14. The summed E-state index contributed by atoms with van der Waals surface area (Å²) in [7, 11) is 0. The highest BCUT2D eigenvalue weighted by Gasteiger charge is 2.35. The molecule has 1 saturated heterocycles. The number of hydrogen-bond acceptors (Lipinski definition) is 6. The molecule has 3 rings (SSSR count). The molecule has 2 amide bonds. The van der Waals surface area contributed by atoms with Gasteiger partial charge in [-0.2, -0.15) is 18.3 Å². The molecule has 1 aliphatic rings. The number of rotatable bonds is 5. The van der Waals surface area contributed by atoms with Crippen LogP contribution in [0.25, 0.3) is 0 Å². The van der Waals surface area contributed by atoms with Gasteiger partial charge in [-0.1, -0.05) is 36.0 Å². The zero-order valence-corrected chi connectivity index (χ0v) is 16.0. The number of phenols is 1. The molecule has 0 radical (unpaired) electrons. The van der Waals surface area contributed by atoms with Crippen molar-refractivity contribution in [1.29, 1.82) is 0 Å². The van der Waals surface area contributed by atoms with E-state index >= 15 is 0 Å². The van der Waals surface area contributed by atoms with Gasteiger partial charge in [0.15, 0.2) is 5.17 Å². The molecule has 1 heterocycles. The van der Waals surface area contributed by atoms with Crippen molar-refractivity contribution in [2.75, 3.05) is 5.32 Å². The second-order valence-corrected chi connectivity index (χ2v) is 7.33. The van der Waals surface area contributed by atoms with E-state index in [1.807, 2.05) is 0 Å². The number of thioether (sulfide) groups is 1. The summed E-state index contributed by atoms with van der Waals surface area (Å²) < 4.78 is 39.1. The monoisotopic (exact) mass is 436 g/mol. The average Bonchev–Trinajstić information content (AvgIpc) is 3.00. The van der Waals surface area contributed by atoms with E-state index in [-0.39, 0.29) is 23.0 Å². The normalized spacial score (nSPS) is 18.0. The minimum atomic E-state index is -4.61. The maximum atomic E-state index is 13.0. The first-order valence-corrected chi connectivity index (χ1v) is 9.44. The molecule has 0 saturated carbocycles. The minimum absolute atomic E-state index is 0.0633. The molecule has 2 aromatic carbocycles. The summed E-state index contributed by atoms with van der Waals surface area (Å²) in [6, 6.07) is 10.9. The van der Waals surface area contributed by atoms with Gasteiger partial charge in [0.25, 0.3) is 0 Å². The van der Waals surface area contributed by atoms with Crippen molar-refractivity contribution in [1.82, 2.24) is 5.32 Å². The fraction of sp³-hybridized carbons (Fsp3) is 0.158. The number of aromatic hydroxyl groups is 1. The molecule has 0 spiro atoms. The van der Waals surface area contributed by atoms with Crippen LogP contribution in [-0.4, -0.2) is 33.6 Å². The highest BCUT2D eigenvalue weighted by Crippen LogP contribution is 2.34. The first-order chi connectivity index (χ1) is 14.2. The van der Waals surface area contributed by atoms with E-state index in [2.05, 4.69) is 20.8 Å². The van der Waals surface area contributed by atoms with Gasteiger partial charge in [-0.15, -0.1) is 5.10 Å². The summed E-state index contributed by atoms with van der Waals surface area (Å²) in [5, 5.41) is 21.0. The van der Waals surface area contributed by atoms with Gasteiger partial charge in [0.05, 0.1) is 17.5 Å². The van der Waals surface area contributed by atoms with Crippen LogP contribution in [0.3, 0.4) is 0 Å². The van der Waals surface area contributed by atoms with Gasteiger partial charge in [-0.3, -0.25) is 9.59 Å². The third-order valence-electron chi connectivity index (χ3n) is 3.88. The van der Waals surface area contributed by atoms with Crippen LogP contribution in [-0.2, 0) is 15.8 Å². The summed E-state index contributed by atoms with van der Waals surface area (Å²) in [4.78, 5) is 24.2. The topological polar surface area (TPSA) is 103 Å². The first kappa shape index (κ1) is 21.4. The number of amidine groups is 1. The zero-order chi connectivity index (χ0) is 21.7. The van der Waals surface area contributed by atoms with E-state index in [1.165, 1.54) is 30.5 Å². The Kier molecular flexibility index (Phi) is 6.40. The summed E-state index contributed by atoms with van der Waals surface area (Å²) in [6.45, 7) is 0. The van der Waals surface area contributed by atoms with Crippen LogP contribution in [0, 0.1) is 0 Å². The lowest BCUT2D eigenvalue weighted by Crippen LogP contribution is -2.28. The fourth-order valence-corrected chi connectivity index (χ4v) is 3.47. The van der Waals surface area contributed by atoms with Gasteiger partial charge in [-0.05, 0) is 29.8 Å². The van der Waals surface area contributed by atoms with E-state index in [1.54, 1.807) is 12.1 Å². The number of hydrogen-bond donors (Lipinski definition) is 3. The Morgan fingerprint density at radius 1 is 1.23 bits per heavy atom. The number of anilines is 1. The number of halogens is 3. The molecule has 7 nitrogen and oxygen atoms in total. The Labute approximate surface area is 173 Å². The first-order valence-electron chi connectivity index (χ1n) is 8.56. The van der Waals surface area contributed by atoms with Crippen LogP contribution in [0.1, 0.15) is 17.5 Å². The molecule has 11 heteroatoms. The van der Waals surface area contributed by atoms with E-state index in [9.17, 15) is 27.9 Å². The number of benzene rings is 2. The zero-order valence-electron chi connectivity index (χ0n) is 15.2. The Hall–Kier alpha value is -3.34. The van der Waals surface area contributed by atoms with Crippen molar-refractivity contribution in [3.05, 3.63) is 59.7 Å². The van der Waals surface area contributed by atoms with Gasteiger partial charge < -0.3 is 15.7 Å². The lowest BCUT2D eigenvalue weighted by atomic mass is 10.1. The second-order valence-electron chi connectivity index (χ2n) is 6.14. The van der Waals surface area contributed by atoms with E-state index in [0.717, 1.165) is 23.9 Å². The Bertz CT molecular complexity index is 1020. The Balaban J connectivity index is 1.60. The van der Waals surface area contributed by atoms with Crippen molar-refractivity contribution < 1.29 is 27.9 Å².